The second-order valence-electron chi connectivity index (χ2n) is 8.31. The quantitative estimate of drug-likeness (QED) is 0.640. The van der Waals surface area contributed by atoms with E-state index in [1.165, 1.54) is 6.20 Å². The number of sulfone groups is 1. The van der Waals surface area contributed by atoms with Crippen LogP contribution in [0.5, 0.6) is 5.75 Å². The maximum absolute atomic E-state index is 13.4. The predicted octanol–water partition coefficient (Wildman–Crippen LogP) is 4.28. The van der Waals surface area contributed by atoms with Crippen LogP contribution in [-0.2, 0) is 9.84 Å². The number of pyridine rings is 1. The van der Waals surface area contributed by atoms with Crippen LogP contribution in [0.1, 0.15) is 24.8 Å². The molecule has 1 fully saturated rings. The third kappa shape index (κ3) is 4.67. The first-order valence-corrected chi connectivity index (χ1v) is 12.1. The van der Waals surface area contributed by atoms with Crippen molar-refractivity contribution in [2.75, 3.05) is 32.6 Å². The molecule has 0 radical (unpaired) electrons. The average molecular weight is 440 g/mol. The van der Waals surface area contributed by atoms with Crippen LogP contribution in [0, 0.1) is 6.92 Å². The Balaban J connectivity index is 1.67. The minimum atomic E-state index is -3.71. The van der Waals surface area contributed by atoms with E-state index >= 15 is 0 Å². The van der Waals surface area contributed by atoms with Crippen LogP contribution in [0.15, 0.2) is 58.5 Å². The van der Waals surface area contributed by atoms with Gasteiger partial charge in [0.15, 0.2) is 0 Å². The van der Waals surface area contributed by atoms with E-state index in [9.17, 15) is 8.42 Å². The zero-order chi connectivity index (χ0) is 22.0. The molecule has 6 nitrogen and oxygen atoms in total. The zero-order valence-corrected chi connectivity index (χ0v) is 19.1. The van der Waals surface area contributed by atoms with Crippen LogP contribution in [0.3, 0.4) is 0 Å². The van der Waals surface area contributed by atoms with Crippen LogP contribution >= 0.6 is 0 Å². The molecular formula is C24H29N3O3S. The van der Waals surface area contributed by atoms with Gasteiger partial charge in [-0.3, -0.25) is 4.98 Å². The lowest BCUT2D eigenvalue weighted by Crippen LogP contribution is -2.23. The Morgan fingerprint density at radius 2 is 1.90 bits per heavy atom. The van der Waals surface area contributed by atoms with Gasteiger partial charge < -0.3 is 15.0 Å². The van der Waals surface area contributed by atoms with Crippen molar-refractivity contribution in [2.24, 2.45) is 0 Å². The molecule has 4 rings (SSSR count). The van der Waals surface area contributed by atoms with Crippen LogP contribution in [-0.4, -0.2) is 51.6 Å². The van der Waals surface area contributed by atoms with Crippen molar-refractivity contribution >= 4 is 26.4 Å². The summed E-state index contributed by atoms with van der Waals surface area (Å²) in [7, 11) is 0.0227. The molecule has 1 saturated heterocycles. The highest BCUT2D eigenvalue weighted by Gasteiger charge is 2.22. The van der Waals surface area contributed by atoms with E-state index in [-0.39, 0.29) is 15.8 Å². The average Bonchev–Trinajstić information content (AvgIpc) is 2.97. The Bertz CT molecular complexity index is 1190. The Morgan fingerprint density at radius 3 is 2.71 bits per heavy atom. The van der Waals surface area contributed by atoms with Gasteiger partial charge in [-0.15, -0.1) is 0 Å². The summed E-state index contributed by atoms with van der Waals surface area (Å²) in [4.78, 5) is 7.11. The number of benzene rings is 2. The van der Waals surface area contributed by atoms with Gasteiger partial charge in [0, 0.05) is 17.6 Å². The lowest BCUT2D eigenvalue weighted by atomic mass is 10.1. The van der Waals surface area contributed by atoms with E-state index in [1.54, 1.807) is 31.4 Å². The maximum atomic E-state index is 13.4. The van der Waals surface area contributed by atoms with E-state index < -0.39 is 9.84 Å². The summed E-state index contributed by atoms with van der Waals surface area (Å²) < 4.78 is 32.3. The monoisotopic (exact) mass is 439 g/mol. The standard InChI is InChI=1S/C24H29N3O3S/c1-17-6-8-22-18(13-17)14-21(16-25-22)31(28,29)20-7-9-24(30-3)23(15-20)26-19-5-4-11-27(2)12-10-19/h6-9,13-16,19,26H,4-5,10-12H2,1-3H3. The second-order valence-corrected chi connectivity index (χ2v) is 10.3. The summed E-state index contributed by atoms with van der Waals surface area (Å²) in [6.07, 6.45) is 4.59. The van der Waals surface area contributed by atoms with Gasteiger partial charge >= 0.3 is 0 Å². The van der Waals surface area contributed by atoms with Crippen LogP contribution in [0.2, 0.25) is 0 Å². The lowest BCUT2D eigenvalue weighted by molar-refractivity contribution is 0.348. The molecule has 31 heavy (non-hydrogen) atoms. The Kier molecular flexibility index (Phi) is 6.16. The molecule has 0 bridgehead atoms. The van der Waals surface area contributed by atoms with Gasteiger partial charge in [-0.1, -0.05) is 11.6 Å². The molecule has 2 aromatic carbocycles. The van der Waals surface area contributed by atoms with E-state index in [0.717, 1.165) is 48.8 Å². The third-order valence-electron chi connectivity index (χ3n) is 5.91. The number of anilines is 1. The fraction of sp³-hybridized carbons (Fsp3) is 0.375. The normalized spacial score (nSPS) is 18.0. The highest BCUT2D eigenvalue weighted by molar-refractivity contribution is 7.91. The van der Waals surface area contributed by atoms with Gasteiger partial charge in [0.2, 0.25) is 9.84 Å². The highest BCUT2D eigenvalue weighted by atomic mass is 32.2. The SMILES string of the molecule is COc1ccc(S(=O)(=O)c2cnc3ccc(C)cc3c2)cc1NC1CCCN(C)CC1. The van der Waals surface area contributed by atoms with Crippen LogP contribution in [0.4, 0.5) is 5.69 Å². The minimum Gasteiger partial charge on any atom is -0.495 e. The summed E-state index contributed by atoms with van der Waals surface area (Å²) in [5.41, 5.74) is 2.55. The summed E-state index contributed by atoms with van der Waals surface area (Å²) in [6, 6.07) is 12.8. The molecule has 0 saturated carbocycles. The van der Waals surface area contributed by atoms with Gasteiger partial charge in [-0.05, 0) is 82.7 Å². The lowest BCUT2D eigenvalue weighted by Gasteiger charge is -2.20. The number of fused-ring (bicyclic) bond motifs is 1. The fourth-order valence-electron chi connectivity index (χ4n) is 4.09. The van der Waals surface area contributed by atoms with Gasteiger partial charge in [-0.2, -0.15) is 0 Å². The molecule has 1 aliphatic heterocycles. The van der Waals surface area contributed by atoms with Crippen LogP contribution < -0.4 is 10.1 Å². The summed E-state index contributed by atoms with van der Waals surface area (Å²) >= 11 is 0. The first-order chi connectivity index (χ1) is 14.9. The number of ether oxygens (including phenoxy) is 1. The fourth-order valence-corrected chi connectivity index (χ4v) is 5.35. The van der Waals surface area contributed by atoms with Crippen LogP contribution in [0.25, 0.3) is 10.9 Å². The minimum absolute atomic E-state index is 0.192. The molecule has 0 amide bonds. The molecule has 0 spiro atoms. The van der Waals surface area contributed by atoms with E-state index in [0.29, 0.717) is 11.4 Å². The first-order valence-electron chi connectivity index (χ1n) is 10.6. The number of likely N-dealkylation sites (tertiary alicyclic amines) is 1. The van der Waals surface area contributed by atoms with Crippen molar-refractivity contribution in [1.29, 1.82) is 0 Å². The van der Waals surface area contributed by atoms with Gasteiger partial charge in [-0.25, -0.2) is 8.42 Å². The number of methoxy groups -OCH3 is 1. The summed E-state index contributed by atoms with van der Waals surface area (Å²) in [5, 5.41) is 4.35. The van der Waals surface area contributed by atoms with E-state index in [1.807, 2.05) is 25.1 Å². The smallest absolute Gasteiger partial charge is 0.208 e. The number of aromatic nitrogens is 1. The third-order valence-corrected chi connectivity index (χ3v) is 7.63. The number of nitrogens with one attached hydrogen (secondary N) is 1. The van der Waals surface area contributed by atoms with E-state index in [4.69, 9.17) is 4.74 Å². The molecule has 3 aromatic rings. The molecule has 1 aromatic heterocycles. The molecular weight excluding hydrogens is 410 g/mol. The molecule has 0 aliphatic carbocycles. The van der Waals surface area contributed by atoms with E-state index in [2.05, 4.69) is 22.2 Å². The van der Waals surface area contributed by atoms with Crippen molar-refractivity contribution in [3.8, 4) is 5.75 Å². The Hall–Kier alpha value is -2.64. The summed E-state index contributed by atoms with van der Waals surface area (Å²) in [5.74, 6) is 0.642. The molecule has 7 heteroatoms. The first kappa shape index (κ1) is 21.6. The topological polar surface area (TPSA) is 71.5 Å². The number of hydrogen-bond acceptors (Lipinski definition) is 6. The maximum Gasteiger partial charge on any atom is 0.208 e. The van der Waals surface area contributed by atoms with Crippen molar-refractivity contribution < 1.29 is 13.2 Å². The second kappa shape index (κ2) is 8.85. The Labute approximate surface area is 184 Å². The number of hydrogen-bond donors (Lipinski definition) is 1. The number of rotatable bonds is 5. The van der Waals surface area contributed by atoms with Crippen molar-refractivity contribution in [1.82, 2.24) is 9.88 Å². The molecule has 1 unspecified atom stereocenters. The number of aryl methyl sites for hydroxylation is 1. The molecule has 1 aliphatic rings. The van der Waals surface area contributed by atoms with Crippen molar-refractivity contribution in [2.45, 2.75) is 42.0 Å². The summed E-state index contributed by atoms with van der Waals surface area (Å²) in [6.45, 7) is 4.08. The zero-order valence-electron chi connectivity index (χ0n) is 18.3. The van der Waals surface area contributed by atoms with Gasteiger partial charge in [0.25, 0.3) is 0 Å². The molecule has 1 atom stereocenters. The highest BCUT2D eigenvalue weighted by Crippen LogP contribution is 2.32. The predicted molar refractivity (Wildman–Crippen MR) is 124 cm³/mol. The Morgan fingerprint density at radius 1 is 1.06 bits per heavy atom. The number of nitrogens with zero attached hydrogens (tertiary/aromatic N) is 2. The molecule has 164 valence electrons. The molecule has 1 N–H and O–H groups in total. The largest absolute Gasteiger partial charge is 0.495 e. The molecule has 2 heterocycles. The van der Waals surface area contributed by atoms with Crippen molar-refractivity contribution in [3.05, 3.63) is 54.2 Å². The van der Waals surface area contributed by atoms with Crippen molar-refractivity contribution in [3.63, 3.8) is 0 Å². The van der Waals surface area contributed by atoms with Gasteiger partial charge in [0.1, 0.15) is 5.75 Å². The van der Waals surface area contributed by atoms with Gasteiger partial charge in [0.05, 0.1) is 28.1 Å².